The fraction of sp³-hybridized carbons (Fsp3) is 0.818. The number of carbonyl (C=O) groups is 2. The Labute approximate surface area is 107 Å². The number of urea groups is 1. The number of rotatable bonds is 8. The minimum Gasteiger partial charge on any atom is -0.480 e. The zero-order valence-electron chi connectivity index (χ0n) is 11.0. The van der Waals surface area contributed by atoms with Gasteiger partial charge in [0.15, 0.2) is 0 Å². The van der Waals surface area contributed by atoms with Gasteiger partial charge < -0.3 is 25.2 Å². The van der Waals surface area contributed by atoms with Crippen molar-refractivity contribution in [3.8, 4) is 0 Å². The Morgan fingerprint density at radius 1 is 1.39 bits per heavy atom. The third-order valence-electron chi connectivity index (χ3n) is 2.43. The molecule has 18 heavy (non-hydrogen) atoms. The molecule has 0 bridgehead atoms. The summed E-state index contributed by atoms with van der Waals surface area (Å²) in [6.45, 7) is 4.12. The van der Waals surface area contributed by atoms with Gasteiger partial charge in [-0.05, 0) is 13.8 Å². The minimum absolute atomic E-state index is 0.0166. The van der Waals surface area contributed by atoms with Gasteiger partial charge in [0.05, 0.1) is 6.61 Å². The number of aliphatic hydroxyl groups excluding tert-OH is 1. The summed E-state index contributed by atoms with van der Waals surface area (Å²) in [6, 6.07) is -1.61. The second kappa shape index (κ2) is 8.71. The summed E-state index contributed by atoms with van der Waals surface area (Å²) < 4.78 is 4.89. The van der Waals surface area contributed by atoms with Crippen molar-refractivity contribution in [1.82, 2.24) is 10.2 Å². The van der Waals surface area contributed by atoms with Crippen LogP contribution in [0.15, 0.2) is 0 Å². The maximum absolute atomic E-state index is 11.9. The summed E-state index contributed by atoms with van der Waals surface area (Å²) >= 11 is 0. The highest BCUT2D eigenvalue weighted by molar-refractivity contribution is 5.82. The van der Waals surface area contributed by atoms with E-state index < -0.39 is 18.0 Å². The number of carboxylic acid groups (broad SMARTS) is 1. The molecule has 0 aromatic rings. The first kappa shape index (κ1) is 16.7. The molecule has 0 saturated heterocycles. The molecule has 0 rings (SSSR count). The maximum atomic E-state index is 11.9. The van der Waals surface area contributed by atoms with Gasteiger partial charge in [0.25, 0.3) is 0 Å². The van der Waals surface area contributed by atoms with E-state index in [9.17, 15) is 9.59 Å². The van der Waals surface area contributed by atoms with Crippen LogP contribution in [-0.2, 0) is 9.53 Å². The molecule has 0 heterocycles. The molecule has 0 aromatic heterocycles. The third-order valence-corrected chi connectivity index (χ3v) is 2.43. The lowest BCUT2D eigenvalue weighted by Crippen LogP contribution is -2.51. The van der Waals surface area contributed by atoms with E-state index in [2.05, 4.69) is 5.32 Å². The van der Waals surface area contributed by atoms with E-state index in [1.54, 1.807) is 0 Å². The van der Waals surface area contributed by atoms with Crippen molar-refractivity contribution in [3.05, 3.63) is 0 Å². The number of hydrogen-bond donors (Lipinski definition) is 3. The zero-order valence-corrected chi connectivity index (χ0v) is 11.0. The summed E-state index contributed by atoms with van der Waals surface area (Å²) in [7, 11) is 1.53. The summed E-state index contributed by atoms with van der Waals surface area (Å²) in [5, 5.41) is 20.0. The van der Waals surface area contributed by atoms with Crippen molar-refractivity contribution in [2.24, 2.45) is 0 Å². The molecule has 0 unspecified atom stereocenters. The van der Waals surface area contributed by atoms with E-state index in [0.29, 0.717) is 13.2 Å². The van der Waals surface area contributed by atoms with Crippen LogP contribution < -0.4 is 5.32 Å². The number of aliphatic carboxylic acids is 1. The number of aliphatic hydroxyl groups is 1. The SMILES string of the molecule is COCCN(C(=O)N[C@@H](CCO)C(=O)O)C(C)C. The molecule has 3 N–H and O–H groups in total. The Balaban J connectivity index is 4.51. The second-order valence-corrected chi connectivity index (χ2v) is 4.13. The molecule has 0 aliphatic rings. The average Bonchev–Trinajstić information content (AvgIpc) is 2.28. The van der Waals surface area contributed by atoms with Crippen molar-refractivity contribution < 1.29 is 24.5 Å². The number of nitrogens with one attached hydrogen (secondary N) is 1. The smallest absolute Gasteiger partial charge is 0.326 e. The lowest BCUT2D eigenvalue weighted by Gasteiger charge is -2.28. The number of nitrogens with zero attached hydrogens (tertiary/aromatic N) is 1. The van der Waals surface area contributed by atoms with Gasteiger partial charge in [-0.1, -0.05) is 0 Å². The lowest BCUT2D eigenvalue weighted by atomic mass is 10.2. The first-order valence-electron chi connectivity index (χ1n) is 5.83. The Hall–Kier alpha value is -1.34. The van der Waals surface area contributed by atoms with Gasteiger partial charge in [-0.2, -0.15) is 0 Å². The molecule has 2 amide bonds. The summed E-state index contributed by atoms with van der Waals surface area (Å²) in [5.41, 5.74) is 0. The number of carboxylic acids is 1. The van der Waals surface area contributed by atoms with Crippen LogP contribution in [-0.4, -0.2) is 66.1 Å². The van der Waals surface area contributed by atoms with E-state index >= 15 is 0 Å². The predicted molar refractivity (Wildman–Crippen MR) is 65.4 cm³/mol. The van der Waals surface area contributed by atoms with Gasteiger partial charge in [-0.15, -0.1) is 0 Å². The van der Waals surface area contributed by atoms with Crippen LogP contribution in [0.5, 0.6) is 0 Å². The van der Waals surface area contributed by atoms with Crippen molar-refractivity contribution in [2.45, 2.75) is 32.4 Å². The Kier molecular flexibility index (Phi) is 8.06. The molecule has 7 nitrogen and oxygen atoms in total. The van der Waals surface area contributed by atoms with Gasteiger partial charge in [-0.3, -0.25) is 0 Å². The Morgan fingerprint density at radius 2 is 2.00 bits per heavy atom. The highest BCUT2D eigenvalue weighted by atomic mass is 16.5. The molecule has 0 spiro atoms. The molecular formula is C11H22N2O5. The van der Waals surface area contributed by atoms with Crippen LogP contribution in [0.2, 0.25) is 0 Å². The Bertz CT molecular complexity index is 270. The Morgan fingerprint density at radius 3 is 2.39 bits per heavy atom. The molecule has 7 heteroatoms. The topological polar surface area (TPSA) is 99.1 Å². The average molecular weight is 262 g/mol. The number of amides is 2. The van der Waals surface area contributed by atoms with Crippen LogP contribution in [0.4, 0.5) is 4.79 Å². The molecule has 0 aromatic carbocycles. The first-order valence-corrected chi connectivity index (χ1v) is 5.83. The van der Waals surface area contributed by atoms with Crippen molar-refractivity contribution >= 4 is 12.0 Å². The van der Waals surface area contributed by atoms with Crippen molar-refractivity contribution in [2.75, 3.05) is 26.9 Å². The first-order chi connectivity index (χ1) is 8.43. The highest BCUT2D eigenvalue weighted by Gasteiger charge is 2.23. The van der Waals surface area contributed by atoms with Gasteiger partial charge in [0.2, 0.25) is 0 Å². The van der Waals surface area contributed by atoms with Crippen LogP contribution >= 0.6 is 0 Å². The van der Waals surface area contributed by atoms with Gasteiger partial charge >= 0.3 is 12.0 Å². The quantitative estimate of drug-likeness (QED) is 0.567. The van der Waals surface area contributed by atoms with E-state index in [0.717, 1.165) is 0 Å². The second-order valence-electron chi connectivity index (χ2n) is 4.13. The summed E-state index contributed by atoms with van der Waals surface area (Å²) in [5.74, 6) is -1.16. The minimum atomic E-state index is -1.16. The van der Waals surface area contributed by atoms with Crippen LogP contribution in [0, 0.1) is 0 Å². The zero-order chi connectivity index (χ0) is 14.1. The number of ether oxygens (including phenoxy) is 1. The molecule has 0 radical (unpaired) electrons. The maximum Gasteiger partial charge on any atom is 0.326 e. The van der Waals surface area contributed by atoms with Gasteiger partial charge in [0.1, 0.15) is 6.04 Å². The van der Waals surface area contributed by atoms with Crippen molar-refractivity contribution in [3.63, 3.8) is 0 Å². The van der Waals surface area contributed by atoms with E-state index in [1.165, 1.54) is 12.0 Å². The normalized spacial score (nSPS) is 12.3. The predicted octanol–water partition coefficient (Wildman–Crippen LogP) is -0.112. The van der Waals surface area contributed by atoms with Gasteiger partial charge in [0, 0.05) is 32.7 Å². The molecular weight excluding hydrogens is 240 g/mol. The molecule has 0 aliphatic carbocycles. The van der Waals surface area contributed by atoms with E-state index in [4.69, 9.17) is 14.9 Å². The van der Waals surface area contributed by atoms with E-state index in [1.807, 2.05) is 13.8 Å². The van der Waals surface area contributed by atoms with Crippen LogP contribution in [0.3, 0.4) is 0 Å². The number of carbonyl (C=O) groups excluding carboxylic acids is 1. The fourth-order valence-electron chi connectivity index (χ4n) is 1.40. The summed E-state index contributed by atoms with van der Waals surface area (Å²) in [4.78, 5) is 24.2. The monoisotopic (exact) mass is 262 g/mol. The fourth-order valence-corrected chi connectivity index (χ4v) is 1.40. The highest BCUT2D eigenvalue weighted by Crippen LogP contribution is 2.01. The molecule has 106 valence electrons. The molecule has 0 saturated carbocycles. The number of methoxy groups -OCH3 is 1. The van der Waals surface area contributed by atoms with E-state index in [-0.39, 0.29) is 19.1 Å². The van der Waals surface area contributed by atoms with Crippen molar-refractivity contribution in [1.29, 1.82) is 0 Å². The summed E-state index contributed by atoms with van der Waals surface area (Å²) in [6.07, 6.45) is -0.0166. The number of hydrogen-bond acceptors (Lipinski definition) is 4. The lowest BCUT2D eigenvalue weighted by molar-refractivity contribution is -0.139. The largest absolute Gasteiger partial charge is 0.480 e. The standard InChI is InChI=1S/C11H22N2O5/c1-8(2)13(5-7-18-3)11(17)12-9(4-6-14)10(15)16/h8-9,14H,4-7H2,1-3H3,(H,12,17)(H,15,16)/t9-/m0/s1. The van der Waals surface area contributed by atoms with Crippen LogP contribution in [0.25, 0.3) is 0 Å². The molecule has 0 fully saturated rings. The van der Waals surface area contributed by atoms with Gasteiger partial charge in [-0.25, -0.2) is 9.59 Å². The molecule has 0 aliphatic heterocycles. The van der Waals surface area contributed by atoms with Crippen LogP contribution in [0.1, 0.15) is 20.3 Å². The molecule has 1 atom stereocenters. The third kappa shape index (κ3) is 5.83.